The highest BCUT2D eigenvalue weighted by Gasteiger charge is 2.20. The monoisotopic (exact) mass is 413 g/mol. The van der Waals surface area contributed by atoms with Gasteiger partial charge in [0.05, 0.1) is 18.9 Å². The van der Waals surface area contributed by atoms with Gasteiger partial charge in [0.25, 0.3) is 0 Å². The number of guanidine groups is 1. The molecule has 0 unspecified atom stereocenters. The van der Waals surface area contributed by atoms with Gasteiger partial charge in [-0.1, -0.05) is 12.1 Å². The van der Waals surface area contributed by atoms with Gasteiger partial charge < -0.3 is 20.1 Å². The van der Waals surface area contributed by atoms with Crippen LogP contribution in [0, 0.1) is 13.8 Å². The lowest BCUT2D eigenvalue weighted by Crippen LogP contribution is -2.37. The maximum Gasteiger partial charge on any atom is 0.191 e. The average molecular weight is 414 g/mol. The molecule has 2 N–H and O–H groups in total. The molecule has 30 heavy (non-hydrogen) atoms. The molecule has 0 amide bonds. The Hall–Kier alpha value is -2.70. The number of aryl methyl sites for hydroxylation is 3. The third kappa shape index (κ3) is 5.90. The molecule has 0 bridgehead atoms. The first-order chi connectivity index (χ1) is 14.6. The summed E-state index contributed by atoms with van der Waals surface area (Å²) < 4.78 is 13.9. The molecular weight excluding hydrogens is 378 g/mol. The predicted octanol–water partition coefficient (Wildman–Crippen LogP) is 3.59. The molecule has 1 heterocycles. The van der Waals surface area contributed by atoms with Crippen LogP contribution in [0.25, 0.3) is 0 Å². The van der Waals surface area contributed by atoms with Gasteiger partial charge in [-0.05, 0) is 58.1 Å². The largest absolute Gasteiger partial charge is 0.493 e. The van der Waals surface area contributed by atoms with Crippen molar-refractivity contribution in [2.24, 2.45) is 4.99 Å². The molecule has 1 aromatic heterocycles. The third-order valence-corrected chi connectivity index (χ3v) is 5.48. The van der Waals surface area contributed by atoms with Crippen LogP contribution >= 0.6 is 0 Å². The molecule has 7 nitrogen and oxygen atoms in total. The Bertz CT molecular complexity index is 840. The Kier molecular flexibility index (Phi) is 7.99. The molecule has 7 heteroatoms. The molecule has 164 valence electrons. The van der Waals surface area contributed by atoms with Gasteiger partial charge in [-0.25, -0.2) is 0 Å². The lowest BCUT2D eigenvalue weighted by atomic mass is 10.1. The molecule has 1 saturated carbocycles. The molecule has 0 aliphatic heterocycles. The first-order valence-electron chi connectivity index (χ1n) is 10.9. The lowest BCUT2D eigenvalue weighted by molar-refractivity contribution is 0.198. The van der Waals surface area contributed by atoms with Crippen molar-refractivity contribution in [1.29, 1.82) is 0 Å². The molecule has 1 aliphatic rings. The quantitative estimate of drug-likeness (QED) is 0.373. The summed E-state index contributed by atoms with van der Waals surface area (Å²) in [6.07, 6.45) is 5.96. The smallest absolute Gasteiger partial charge is 0.191 e. The number of para-hydroxylation sites is 1. The molecule has 1 fully saturated rings. The van der Waals surface area contributed by atoms with Crippen molar-refractivity contribution in [2.45, 2.75) is 65.1 Å². The summed E-state index contributed by atoms with van der Waals surface area (Å²) in [4.78, 5) is 4.34. The Morgan fingerprint density at radius 2 is 2.03 bits per heavy atom. The van der Waals surface area contributed by atoms with Crippen LogP contribution in [0.3, 0.4) is 0 Å². The number of nitrogens with zero attached hydrogens (tertiary/aromatic N) is 3. The van der Waals surface area contributed by atoms with Gasteiger partial charge in [0.15, 0.2) is 17.5 Å². The minimum absolute atomic E-state index is 0.284. The highest BCUT2D eigenvalue weighted by molar-refractivity contribution is 5.79. The second kappa shape index (κ2) is 10.9. The van der Waals surface area contributed by atoms with Gasteiger partial charge in [0, 0.05) is 37.9 Å². The van der Waals surface area contributed by atoms with Gasteiger partial charge in [-0.2, -0.15) is 5.10 Å². The van der Waals surface area contributed by atoms with Gasteiger partial charge in [0.2, 0.25) is 0 Å². The Morgan fingerprint density at radius 1 is 1.23 bits per heavy atom. The molecular formula is C23H35N5O2. The van der Waals surface area contributed by atoms with Crippen LogP contribution in [0.15, 0.2) is 29.3 Å². The fraction of sp³-hybridized carbons (Fsp3) is 0.565. The highest BCUT2D eigenvalue weighted by Crippen LogP contribution is 2.34. The van der Waals surface area contributed by atoms with E-state index in [1.54, 1.807) is 14.2 Å². The molecule has 2 aromatic rings. The standard InChI is InChI=1S/C23H35N5O2/c1-17-15-18(2)28(27-17)14-8-13-25-23(24-3)26-16-19-9-7-12-21(29-4)22(19)30-20-10-5-6-11-20/h7,9,12,15,20H,5-6,8,10-11,13-14,16H2,1-4H3,(H2,24,25,26). The first kappa shape index (κ1) is 22.0. The van der Waals surface area contributed by atoms with E-state index in [0.717, 1.165) is 61.1 Å². The number of methoxy groups -OCH3 is 1. The molecule has 0 spiro atoms. The van der Waals surface area contributed by atoms with Crippen LogP contribution < -0.4 is 20.1 Å². The summed E-state index contributed by atoms with van der Waals surface area (Å²) >= 11 is 0. The van der Waals surface area contributed by atoms with Crippen molar-refractivity contribution in [1.82, 2.24) is 20.4 Å². The van der Waals surface area contributed by atoms with Crippen molar-refractivity contribution in [2.75, 3.05) is 20.7 Å². The average Bonchev–Trinajstić information content (AvgIpc) is 3.37. The summed E-state index contributed by atoms with van der Waals surface area (Å²) in [6.45, 7) is 6.45. The van der Waals surface area contributed by atoms with Crippen LogP contribution in [-0.4, -0.2) is 42.5 Å². The second-order valence-corrected chi connectivity index (χ2v) is 7.83. The van der Waals surface area contributed by atoms with Crippen LogP contribution in [-0.2, 0) is 13.1 Å². The highest BCUT2D eigenvalue weighted by atomic mass is 16.5. The second-order valence-electron chi connectivity index (χ2n) is 7.83. The van der Waals surface area contributed by atoms with Crippen LogP contribution in [0.2, 0.25) is 0 Å². The van der Waals surface area contributed by atoms with E-state index in [-0.39, 0.29) is 6.10 Å². The number of hydrogen-bond donors (Lipinski definition) is 2. The van der Waals surface area contributed by atoms with Crippen LogP contribution in [0.1, 0.15) is 49.1 Å². The number of hydrogen-bond acceptors (Lipinski definition) is 4. The fourth-order valence-corrected chi connectivity index (χ4v) is 3.90. The van der Waals surface area contributed by atoms with Gasteiger partial charge in [-0.3, -0.25) is 9.67 Å². The molecule has 0 atom stereocenters. The Morgan fingerprint density at radius 3 is 2.70 bits per heavy atom. The minimum atomic E-state index is 0.284. The summed E-state index contributed by atoms with van der Waals surface area (Å²) in [7, 11) is 3.48. The normalized spacial score (nSPS) is 14.7. The zero-order valence-corrected chi connectivity index (χ0v) is 18.7. The zero-order valence-electron chi connectivity index (χ0n) is 18.7. The predicted molar refractivity (Wildman–Crippen MR) is 120 cm³/mol. The third-order valence-electron chi connectivity index (χ3n) is 5.48. The molecule has 1 aromatic carbocycles. The molecule has 0 radical (unpaired) electrons. The molecule has 3 rings (SSSR count). The maximum atomic E-state index is 6.32. The van der Waals surface area contributed by atoms with Gasteiger partial charge >= 0.3 is 0 Å². The van der Waals surface area contributed by atoms with E-state index in [0.29, 0.717) is 6.54 Å². The minimum Gasteiger partial charge on any atom is -0.493 e. The number of aliphatic imine (C=N–C) groups is 1. The fourth-order valence-electron chi connectivity index (χ4n) is 3.90. The van der Waals surface area contributed by atoms with E-state index >= 15 is 0 Å². The summed E-state index contributed by atoms with van der Waals surface area (Å²) in [5.41, 5.74) is 3.33. The van der Waals surface area contributed by atoms with Gasteiger partial charge in [-0.15, -0.1) is 0 Å². The number of benzene rings is 1. The Labute approximate surface area is 179 Å². The van der Waals surface area contributed by atoms with E-state index in [1.807, 2.05) is 19.1 Å². The lowest BCUT2D eigenvalue weighted by Gasteiger charge is -2.20. The summed E-state index contributed by atoms with van der Waals surface area (Å²) in [6, 6.07) is 8.14. The van der Waals surface area contributed by atoms with Crippen LogP contribution in [0.5, 0.6) is 11.5 Å². The van der Waals surface area contributed by atoms with E-state index in [2.05, 4.69) is 44.5 Å². The van der Waals surface area contributed by atoms with Gasteiger partial charge in [0.1, 0.15) is 0 Å². The van der Waals surface area contributed by atoms with E-state index in [4.69, 9.17) is 9.47 Å². The van der Waals surface area contributed by atoms with E-state index < -0.39 is 0 Å². The van der Waals surface area contributed by atoms with Crippen LogP contribution in [0.4, 0.5) is 0 Å². The topological polar surface area (TPSA) is 72.7 Å². The summed E-state index contributed by atoms with van der Waals surface area (Å²) in [5, 5.41) is 11.3. The molecule has 1 aliphatic carbocycles. The Balaban J connectivity index is 1.52. The molecule has 0 saturated heterocycles. The summed E-state index contributed by atoms with van der Waals surface area (Å²) in [5.74, 6) is 2.41. The number of nitrogens with one attached hydrogen (secondary N) is 2. The van der Waals surface area contributed by atoms with Crippen molar-refractivity contribution in [3.63, 3.8) is 0 Å². The van der Waals surface area contributed by atoms with E-state index in [9.17, 15) is 0 Å². The van der Waals surface area contributed by atoms with E-state index in [1.165, 1.54) is 18.5 Å². The zero-order chi connectivity index (χ0) is 21.3. The van der Waals surface area contributed by atoms with Crippen molar-refractivity contribution in [3.8, 4) is 11.5 Å². The van der Waals surface area contributed by atoms with Crippen molar-refractivity contribution < 1.29 is 9.47 Å². The van der Waals surface area contributed by atoms with Crippen molar-refractivity contribution in [3.05, 3.63) is 41.2 Å². The SMILES string of the molecule is CN=C(NCCCn1nc(C)cc1C)NCc1cccc(OC)c1OC1CCCC1. The maximum absolute atomic E-state index is 6.32. The number of aromatic nitrogens is 2. The number of ether oxygens (including phenoxy) is 2. The van der Waals surface area contributed by atoms with Crippen molar-refractivity contribution >= 4 is 5.96 Å². The first-order valence-corrected chi connectivity index (χ1v) is 10.9. The number of rotatable bonds is 9.